The molecule has 0 spiro atoms. The summed E-state index contributed by atoms with van der Waals surface area (Å²) in [4.78, 5) is 31.8. The molecule has 0 fully saturated rings. The maximum Gasteiger partial charge on any atom is 0.358 e. The fourth-order valence-corrected chi connectivity index (χ4v) is 3.83. The van der Waals surface area contributed by atoms with Gasteiger partial charge in [-0.1, -0.05) is 38.8 Å². The van der Waals surface area contributed by atoms with Crippen LogP contribution in [0, 0.1) is 0 Å². The molecule has 0 radical (unpaired) electrons. The lowest BCUT2D eigenvalue weighted by molar-refractivity contribution is -0.121. The topological polar surface area (TPSA) is 79.7 Å². The predicted molar refractivity (Wildman–Crippen MR) is 132 cm³/mol. The maximum absolute atomic E-state index is 12.8. The molecule has 0 aliphatic carbocycles. The Morgan fingerprint density at radius 1 is 1.06 bits per heavy atom. The van der Waals surface area contributed by atoms with Gasteiger partial charge in [-0.2, -0.15) is 0 Å². The first-order chi connectivity index (χ1) is 15.6. The Morgan fingerprint density at radius 3 is 2.36 bits per heavy atom. The lowest BCUT2D eigenvalue weighted by atomic mass is 10.2. The van der Waals surface area contributed by atoms with E-state index in [0.29, 0.717) is 25.4 Å². The third-order valence-electron chi connectivity index (χ3n) is 5.57. The zero-order chi connectivity index (χ0) is 22.9. The van der Waals surface area contributed by atoms with E-state index in [1.807, 2.05) is 33.8 Å². The van der Waals surface area contributed by atoms with E-state index >= 15 is 0 Å². The number of anilines is 1. The average Bonchev–Trinajstić information content (AvgIpc) is 3.23. The second-order valence-corrected chi connectivity index (χ2v) is 8.04. The summed E-state index contributed by atoms with van der Waals surface area (Å²) in [6.07, 6.45) is 6.74. The normalized spacial score (nSPS) is 12.1. The van der Waals surface area contributed by atoms with Crippen molar-refractivity contribution < 1.29 is 14.3 Å². The SMILES string of the molecule is CCCCN(CCCC)CCC(=O)NN1Cc2nc(C(=O)OCC)cn2-c2ccccc21.Cl. The highest BCUT2D eigenvalue weighted by Gasteiger charge is 2.26. The smallest absolute Gasteiger partial charge is 0.358 e. The molecule has 2 aromatic rings. The molecule has 182 valence electrons. The molecule has 9 heteroatoms. The lowest BCUT2D eigenvalue weighted by Crippen LogP contribution is -2.45. The highest BCUT2D eigenvalue weighted by molar-refractivity contribution is 5.87. The summed E-state index contributed by atoms with van der Waals surface area (Å²) in [7, 11) is 0. The van der Waals surface area contributed by atoms with E-state index in [9.17, 15) is 9.59 Å². The van der Waals surface area contributed by atoms with Gasteiger partial charge in [0.05, 0.1) is 24.5 Å². The molecule has 8 nitrogen and oxygen atoms in total. The Labute approximate surface area is 202 Å². The number of imidazole rings is 1. The largest absolute Gasteiger partial charge is 0.461 e. The van der Waals surface area contributed by atoms with Crippen LogP contribution in [0.15, 0.2) is 30.5 Å². The number of hydrazine groups is 1. The monoisotopic (exact) mass is 477 g/mol. The number of hydrogen-bond donors (Lipinski definition) is 1. The fourth-order valence-electron chi connectivity index (χ4n) is 3.83. The average molecular weight is 478 g/mol. The van der Waals surface area contributed by atoms with Crippen LogP contribution in [-0.4, -0.2) is 52.6 Å². The molecule has 1 aromatic carbocycles. The van der Waals surface area contributed by atoms with Crippen molar-refractivity contribution in [3.05, 3.63) is 42.0 Å². The second-order valence-electron chi connectivity index (χ2n) is 8.04. The summed E-state index contributed by atoms with van der Waals surface area (Å²) in [6, 6.07) is 7.77. The molecule has 33 heavy (non-hydrogen) atoms. The highest BCUT2D eigenvalue weighted by Crippen LogP contribution is 2.30. The standard InChI is InChI=1S/C24H35N5O3.ClH/c1-4-7-14-27(15-8-5-2)16-13-23(30)26-29-18-22-25-19(24(31)32-6-3)17-28(22)20-11-9-10-12-21(20)29;/h9-12,17H,4-8,13-16,18H2,1-3H3,(H,26,30);1H. The van der Waals surface area contributed by atoms with Crippen molar-refractivity contribution in [1.82, 2.24) is 19.9 Å². The number of aromatic nitrogens is 2. The van der Waals surface area contributed by atoms with Gasteiger partial charge in [-0.3, -0.25) is 19.8 Å². The number of fused-ring (bicyclic) bond motifs is 3. The number of hydrogen-bond acceptors (Lipinski definition) is 6. The van der Waals surface area contributed by atoms with E-state index in [1.165, 1.54) is 0 Å². The maximum atomic E-state index is 12.8. The third kappa shape index (κ3) is 6.95. The van der Waals surface area contributed by atoms with Gasteiger partial charge in [0.25, 0.3) is 0 Å². The molecule has 0 atom stereocenters. The molecular weight excluding hydrogens is 442 g/mol. The molecular formula is C24H36ClN5O3. The second kappa shape index (κ2) is 13.2. The van der Waals surface area contributed by atoms with E-state index in [1.54, 1.807) is 13.1 Å². The summed E-state index contributed by atoms with van der Waals surface area (Å²) in [5.74, 6) is 0.213. The van der Waals surface area contributed by atoms with Gasteiger partial charge in [0.2, 0.25) is 5.91 Å². The Hall–Kier alpha value is -2.58. The van der Waals surface area contributed by atoms with Crippen LogP contribution >= 0.6 is 12.4 Å². The zero-order valence-corrected chi connectivity index (χ0v) is 20.7. The van der Waals surface area contributed by atoms with Crippen LogP contribution in [0.25, 0.3) is 5.69 Å². The molecule has 1 aliphatic heterocycles. The van der Waals surface area contributed by atoms with Crippen LogP contribution in [-0.2, 0) is 16.1 Å². The quantitative estimate of drug-likeness (QED) is 0.463. The molecule has 1 N–H and O–H groups in total. The van der Waals surface area contributed by atoms with Gasteiger partial charge in [-0.05, 0) is 45.0 Å². The number of halogens is 1. The number of nitrogens with zero attached hydrogens (tertiary/aromatic N) is 4. The first-order valence-corrected chi connectivity index (χ1v) is 11.7. The van der Waals surface area contributed by atoms with Crippen LogP contribution in [0.4, 0.5) is 5.69 Å². The Bertz CT molecular complexity index is 909. The molecule has 1 aromatic heterocycles. The summed E-state index contributed by atoms with van der Waals surface area (Å²) in [5.41, 5.74) is 5.05. The minimum atomic E-state index is -0.443. The van der Waals surface area contributed by atoms with Gasteiger partial charge in [-0.25, -0.2) is 9.78 Å². The number of unbranched alkanes of at least 4 members (excludes halogenated alkanes) is 2. The Balaban J connectivity index is 0.00000385. The molecule has 0 saturated carbocycles. The van der Waals surface area contributed by atoms with E-state index in [0.717, 1.165) is 56.7 Å². The van der Waals surface area contributed by atoms with E-state index in [-0.39, 0.29) is 24.0 Å². The summed E-state index contributed by atoms with van der Waals surface area (Å²) in [6.45, 7) is 9.64. The number of rotatable bonds is 12. The summed E-state index contributed by atoms with van der Waals surface area (Å²) < 4.78 is 6.98. The van der Waals surface area contributed by atoms with Crippen molar-refractivity contribution in [2.75, 3.05) is 31.3 Å². The number of amides is 1. The van der Waals surface area contributed by atoms with Crippen LogP contribution in [0.1, 0.15) is 69.2 Å². The van der Waals surface area contributed by atoms with Gasteiger partial charge in [-0.15, -0.1) is 12.4 Å². The molecule has 2 heterocycles. The molecule has 0 saturated heterocycles. The summed E-state index contributed by atoms with van der Waals surface area (Å²) in [5, 5.41) is 1.82. The van der Waals surface area contributed by atoms with Crippen LogP contribution in [0.2, 0.25) is 0 Å². The number of carbonyl (C=O) groups is 2. The zero-order valence-electron chi connectivity index (χ0n) is 19.9. The van der Waals surface area contributed by atoms with Crippen molar-refractivity contribution in [3.8, 4) is 5.69 Å². The van der Waals surface area contributed by atoms with Gasteiger partial charge >= 0.3 is 5.97 Å². The predicted octanol–water partition coefficient (Wildman–Crippen LogP) is 4.11. The molecule has 3 rings (SSSR count). The molecule has 1 aliphatic rings. The van der Waals surface area contributed by atoms with E-state index in [2.05, 4.69) is 29.2 Å². The van der Waals surface area contributed by atoms with Crippen molar-refractivity contribution in [2.45, 2.75) is 59.4 Å². The summed E-state index contributed by atoms with van der Waals surface area (Å²) >= 11 is 0. The molecule has 0 bridgehead atoms. The first-order valence-electron chi connectivity index (χ1n) is 11.7. The number of benzene rings is 1. The van der Waals surface area contributed by atoms with Crippen LogP contribution in [0.3, 0.4) is 0 Å². The Morgan fingerprint density at radius 2 is 1.73 bits per heavy atom. The lowest BCUT2D eigenvalue weighted by Gasteiger charge is -2.32. The number of para-hydroxylation sites is 2. The molecule has 1 amide bonds. The van der Waals surface area contributed by atoms with Gasteiger partial charge in [0.15, 0.2) is 5.69 Å². The van der Waals surface area contributed by atoms with Crippen LogP contribution < -0.4 is 10.4 Å². The fraction of sp³-hybridized carbons (Fsp3) is 0.542. The number of carbonyl (C=O) groups excluding carboxylic acids is 2. The number of esters is 1. The van der Waals surface area contributed by atoms with E-state index < -0.39 is 5.97 Å². The van der Waals surface area contributed by atoms with Crippen molar-refractivity contribution in [3.63, 3.8) is 0 Å². The highest BCUT2D eigenvalue weighted by atomic mass is 35.5. The van der Waals surface area contributed by atoms with Gasteiger partial charge < -0.3 is 9.64 Å². The van der Waals surface area contributed by atoms with Crippen molar-refractivity contribution in [2.24, 2.45) is 0 Å². The number of ether oxygens (including phenoxy) is 1. The third-order valence-corrected chi connectivity index (χ3v) is 5.57. The van der Waals surface area contributed by atoms with Crippen molar-refractivity contribution in [1.29, 1.82) is 0 Å². The van der Waals surface area contributed by atoms with Gasteiger partial charge in [0.1, 0.15) is 5.82 Å². The van der Waals surface area contributed by atoms with Crippen LogP contribution in [0.5, 0.6) is 0 Å². The van der Waals surface area contributed by atoms with E-state index in [4.69, 9.17) is 4.74 Å². The minimum Gasteiger partial charge on any atom is -0.461 e. The minimum absolute atomic E-state index is 0. The van der Waals surface area contributed by atoms with Gasteiger partial charge in [0, 0.05) is 19.2 Å². The first kappa shape index (κ1) is 26.7. The molecule has 0 unspecified atom stereocenters. The number of nitrogens with one attached hydrogen (secondary N) is 1. The Kier molecular flexibility index (Phi) is 10.7. The van der Waals surface area contributed by atoms with Crippen molar-refractivity contribution >= 4 is 30.0 Å².